The molecular formula is C19H21N3OS. The fourth-order valence-corrected chi connectivity index (χ4v) is 4.17. The third kappa shape index (κ3) is 2.84. The first-order chi connectivity index (χ1) is 11.6. The molecule has 2 atom stereocenters. The number of aromatic nitrogens is 1. The van der Waals surface area contributed by atoms with E-state index in [1.54, 1.807) is 6.07 Å². The highest BCUT2D eigenvalue weighted by Crippen LogP contribution is 2.35. The van der Waals surface area contributed by atoms with Crippen LogP contribution in [0.1, 0.15) is 23.6 Å². The van der Waals surface area contributed by atoms with Crippen molar-refractivity contribution >= 4 is 23.0 Å². The molecular weight excluding hydrogens is 318 g/mol. The zero-order valence-corrected chi connectivity index (χ0v) is 14.6. The van der Waals surface area contributed by atoms with Crippen molar-refractivity contribution in [1.29, 1.82) is 0 Å². The summed E-state index contributed by atoms with van der Waals surface area (Å²) < 4.78 is 1.95. The number of nitrogens with one attached hydrogen (secondary N) is 1. The zero-order chi connectivity index (χ0) is 16.7. The fourth-order valence-electron chi connectivity index (χ4n) is 3.90. The van der Waals surface area contributed by atoms with Crippen LogP contribution in [-0.2, 0) is 6.54 Å². The summed E-state index contributed by atoms with van der Waals surface area (Å²) in [6, 6.07) is 13.9. The van der Waals surface area contributed by atoms with Crippen LogP contribution < -0.4 is 10.9 Å². The van der Waals surface area contributed by atoms with Crippen LogP contribution in [0.4, 0.5) is 5.69 Å². The van der Waals surface area contributed by atoms with Crippen LogP contribution in [0.5, 0.6) is 0 Å². The molecule has 0 saturated carbocycles. The molecule has 2 unspecified atom stereocenters. The smallest absolute Gasteiger partial charge is 0.250 e. The molecule has 1 N–H and O–H groups in total. The van der Waals surface area contributed by atoms with Gasteiger partial charge in [-0.25, -0.2) is 0 Å². The maximum Gasteiger partial charge on any atom is 0.250 e. The van der Waals surface area contributed by atoms with Gasteiger partial charge in [0.1, 0.15) is 0 Å². The Hall–Kier alpha value is -2.14. The van der Waals surface area contributed by atoms with Gasteiger partial charge in [0, 0.05) is 43.0 Å². The number of anilines is 1. The molecule has 1 aromatic heterocycles. The van der Waals surface area contributed by atoms with E-state index in [2.05, 4.69) is 47.5 Å². The van der Waals surface area contributed by atoms with Crippen molar-refractivity contribution in [3.8, 4) is 0 Å². The van der Waals surface area contributed by atoms with Crippen LogP contribution in [0.2, 0.25) is 0 Å². The Bertz CT molecular complexity index is 827. The average molecular weight is 339 g/mol. The predicted octanol–water partition coefficient (Wildman–Crippen LogP) is 2.97. The van der Waals surface area contributed by atoms with Gasteiger partial charge in [-0.2, -0.15) is 0 Å². The Morgan fingerprint density at radius 3 is 2.71 bits per heavy atom. The van der Waals surface area contributed by atoms with Gasteiger partial charge < -0.3 is 14.8 Å². The molecule has 24 heavy (non-hydrogen) atoms. The summed E-state index contributed by atoms with van der Waals surface area (Å²) in [5.41, 5.74) is 3.54. The van der Waals surface area contributed by atoms with E-state index in [1.165, 1.54) is 5.56 Å². The summed E-state index contributed by atoms with van der Waals surface area (Å²) in [6.45, 7) is 4.66. The average Bonchev–Trinajstić information content (AvgIpc) is 2.58. The first-order valence-corrected chi connectivity index (χ1v) is 8.83. The Kier molecular flexibility index (Phi) is 3.88. The van der Waals surface area contributed by atoms with E-state index in [-0.39, 0.29) is 5.56 Å². The molecule has 2 aliphatic heterocycles. The van der Waals surface area contributed by atoms with Crippen molar-refractivity contribution in [2.75, 3.05) is 18.4 Å². The van der Waals surface area contributed by atoms with Crippen molar-refractivity contribution in [3.63, 3.8) is 0 Å². The summed E-state index contributed by atoms with van der Waals surface area (Å²) >= 11 is 5.64. The molecule has 1 fully saturated rings. The number of hydrogen-bond donors (Lipinski definition) is 1. The van der Waals surface area contributed by atoms with E-state index >= 15 is 0 Å². The van der Waals surface area contributed by atoms with Crippen LogP contribution in [0.15, 0.2) is 47.3 Å². The summed E-state index contributed by atoms with van der Waals surface area (Å²) in [6.07, 6.45) is 1.15. The molecule has 0 amide bonds. The van der Waals surface area contributed by atoms with Gasteiger partial charge in [-0.15, -0.1) is 0 Å². The van der Waals surface area contributed by atoms with Gasteiger partial charge in [-0.3, -0.25) is 4.79 Å². The molecule has 0 spiro atoms. The molecule has 2 bridgehead atoms. The molecule has 3 heterocycles. The van der Waals surface area contributed by atoms with Crippen molar-refractivity contribution in [1.82, 2.24) is 9.47 Å². The lowest BCUT2D eigenvalue weighted by Gasteiger charge is -2.43. The number of likely N-dealkylation sites (tertiary alicyclic amines) is 1. The number of rotatable bonds is 1. The minimum Gasteiger partial charge on any atom is -0.348 e. The standard InChI is InChI=1S/C19H21N3OS/c1-13-5-7-16(8-6-13)20-19(24)21-10-14-9-15(12-21)17-3-2-4-18(23)22(17)11-14/h2-8,14-15H,9-12H2,1H3,(H,20,24). The molecule has 4 nitrogen and oxygen atoms in total. The van der Waals surface area contributed by atoms with Gasteiger partial charge in [-0.05, 0) is 49.7 Å². The van der Waals surface area contributed by atoms with E-state index in [9.17, 15) is 4.79 Å². The van der Waals surface area contributed by atoms with Crippen LogP contribution in [0.3, 0.4) is 0 Å². The number of hydrogen-bond acceptors (Lipinski definition) is 2. The maximum absolute atomic E-state index is 12.1. The van der Waals surface area contributed by atoms with Gasteiger partial charge in [0.2, 0.25) is 0 Å². The van der Waals surface area contributed by atoms with E-state index < -0.39 is 0 Å². The number of pyridine rings is 1. The lowest BCUT2D eigenvalue weighted by molar-refractivity contribution is 0.180. The Morgan fingerprint density at radius 2 is 1.92 bits per heavy atom. The number of thiocarbonyl (C=S) groups is 1. The topological polar surface area (TPSA) is 37.3 Å². The van der Waals surface area contributed by atoms with E-state index in [0.29, 0.717) is 11.8 Å². The molecule has 2 aromatic rings. The predicted molar refractivity (Wildman–Crippen MR) is 101 cm³/mol. The van der Waals surface area contributed by atoms with Gasteiger partial charge in [-0.1, -0.05) is 23.8 Å². The Morgan fingerprint density at radius 1 is 1.12 bits per heavy atom. The molecule has 1 aromatic carbocycles. The number of aryl methyl sites for hydroxylation is 1. The van der Waals surface area contributed by atoms with Crippen molar-refractivity contribution < 1.29 is 0 Å². The van der Waals surface area contributed by atoms with Crippen LogP contribution in [0, 0.1) is 12.8 Å². The van der Waals surface area contributed by atoms with Gasteiger partial charge >= 0.3 is 0 Å². The van der Waals surface area contributed by atoms with Crippen LogP contribution in [0.25, 0.3) is 0 Å². The zero-order valence-electron chi connectivity index (χ0n) is 13.7. The highest BCUT2D eigenvalue weighted by atomic mass is 32.1. The number of piperidine rings is 1. The normalized spacial score (nSPS) is 22.0. The molecule has 2 aliphatic rings. The van der Waals surface area contributed by atoms with Crippen molar-refractivity contribution in [2.45, 2.75) is 25.8 Å². The molecule has 5 heteroatoms. The second-order valence-corrected chi connectivity index (χ2v) is 7.29. The van der Waals surface area contributed by atoms with Gasteiger partial charge in [0.25, 0.3) is 5.56 Å². The monoisotopic (exact) mass is 339 g/mol. The largest absolute Gasteiger partial charge is 0.348 e. The highest BCUT2D eigenvalue weighted by molar-refractivity contribution is 7.80. The fraction of sp³-hybridized carbons (Fsp3) is 0.368. The summed E-state index contributed by atoms with van der Waals surface area (Å²) in [7, 11) is 0. The van der Waals surface area contributed by atoms with Crippen molar-refractivity contribution in [2.24, 2.45) is 5.92 Å². The molecule has 0 aliphatic carbocycles. The molecule has 1 saturated heterocycles. The lowest BCUT2D eigenvalue weighted by Crippen LogP contribution is -2.50. The number of fused-ring (bicyclic) bond motifs is 4. The summed E-state index contributed by atoms with van der Waals surface area (Å²) in [4.78, 5) is 14.3. The second kappa shape index (κ2) is 6.06. The van der Waals surface area contributed by atoms with E-state index in [1.807, 2.05) is 10.6 Å². The Labute approximate surface area is 147 Å². The first-order valence-electron chi connectivity index (χ1n) is 8.42. The number of nitrogens with zero attached hydrogens (tertiary/aromatic N) is 2. The first kappa shape index (κ1) is 15.4. The maximum atomic E-state index is 12.1. The highest BCUT2D eigenvalue weighted by Gasteiger charge is 2.35. The minimum atomic E-state index is 0.121. The van der Waals surface area contributed by atoms with Crippen LogP contribution >= 0.6 is 12.2 Å². The minimum absolute atomic E-state index is 0.121. The van der Waals surface area contributed by atoms with Crippen molar-refractivity contribution in [3.05, 3.63) is 64.1 Å². The van der Waals surface area contributed by atoms with E-state index in [4.69, 9.17) is 12.2 Å². The lowest BCUT2D eigenvalue weighted by atomic mass is 9.83. The van der Waals surface area contributed by atoms with Crippen LogP contribution in [-0.4, -0.2) is 27.7 Å². The number of benzene rings is 1. The second-order valence-electron chi connectivity index (χ2n) is 6.90. The Balaban J connectivity index is 1.52. The summed E-state index contributed by atoms with van der Waals surface area (Å²) in [5, 5.41) is 4.13. The van der Waals surface area contributed by atoms with Gasteiger partial charge in [0.15, 0.2) is 5.11 Å². The summed E-state index contributed by atoms with van der Waals surface area (Å²) in [5.74, 6) is 0.860. The van der Waals surface area contributed by atoms with E-state index in [0.717, 1.165) is 42.5 Å². The third-order valence-corrected chi connectivity index (χ3v) is 5.43. The quantitative estimate of drug-likeness (QED) is 0.811. The SMILES string of the molecule is Cc1ccc(NC(=S)N2CC3CC(C2)c2cccc(=O)n2C3)cc1. The third-order valence-electron chi connectivity index (χ3n) is 5.07. The molecule has 4 rings (SSSR count). The van der Waals surface area contributed by atoms with Gasteiger partial charge in [0.05, 0.1) is 0 Å². The molecule has 124 valence electrons. The molecule has 0 radical (unpaired) electrons.